The molecule has 7 nitrogen and oxygen atoms in total. The zero-order chi connectivity index (χ0) is 18.9. The minimum absolute atomic E-state index is 0.0605. The highest BCUT2D eigenvalue weighted by molar-refractivity contribution is 5.89. The summed E-state index contributed by atoms with van der Waals surface area (Å²) in [5.74, 6) is -1.76. The number of esters is 2. The van der Waals surface area contributed by atoms with Crippen molar-refractivity contribution in [3.63, 3.8) is 0 Å². The lowest BCUT2D eigenvalue weighted by Crippen LogP contribution is -2.48. The van der Waals surface area contributed by atoms with Crippen LogP contribution in [0.4, 0.5) is 0 Å². The van der Waals surface area contributed by atoms with Crippen molar-refractivity contribution in [1.82, 2.24) is 4.90 Å². The van der Waals surface area contributed by atoms with E-state index in [1.807, 2.05) is 6.08 Å². The molecule has 3 aliphatic rings. The summed E-state index contributed by atoms with van der Waals surface area (Å²) in [5, 5.41) is 20.2. The summed E-state index contributed by atoms with van der Waals surface area (Å²) in [7, 11) is 0. The van der Waals surface area contributed by atoms with Gasteiger partial charge in [-0.25, -0.2) is 9.59 Å². The Kier molecular flexibility index (Phi) is 5.50. The lowest BCUT2D eigenvalue weighted by molar-refractivity contribution is -0.173. The first-order valence-corrected chi connectivity index (χ1v) is 9.20. The molecule has 2 fully saturated rings. The van der Waals surface area contributed by atoms with Gasteiger partial charge in [-0.3, -0.25) is 4.90 Å². The van der Waals surface area contributed by atoms with Crippen molar-refractivity contribution >= 4 is 11.9 Å². The molecule has 0 aromatic rings. The molecule has 26 heavy (non-hydrogen) atoms. The highest BCUT2D eigenvalue weighted by atomic mass is 16.6. The minimum Gasteiger partial charge on any atom is -0.459 e. The number of carbonyl (C=O) groups excluding carboxylic acids is 2. The topological polar surface area (TPSA) is 96.3 Å². The monoisotopic (exact) mass is 365 g/mol. The third kappa shape index (κ3) is 3.31. The fourth-order valence-corrected chi connectivity index (χ4v) is 4.15. The van der Waals surface area contributed by atoms with Crippen LogP contribution in [0, 0.1) is 5.92 Å². The molecule has 3 rings (SSSR count). The van der Waals surface area contributed by atoms with E-state index in [1.54, 1.807) is 19.9 Å². The van der Waals surface area contributed by atoms with E-state index < -0.39 is 23.5 Å². The molecule has 144 valence electrons. The Balaban J connectivity index is 1.92. The van der Waals surface area contributed by atoms with E-state index >= 15 is 0 Å². The van der Waals surface area contributed by atoms with Crippen LogP contribution in [-0.4, -0.2) is 71.1 Å². The molecule has 7 heteroatoms. The van der Waals surface area contributed by atoms with Gasteiger partial charge >= 0.3 is 11.9 Å². The number of aliphatic hydroxyl groups excluding tert-OH is 1. The molecule has 3 heterocycles. The van der Waals surface area contributed by atoms with Gasteiger partial charge in [-0.05, 0) is 25.3 Å². The Morgan fingerprint density at radius 2 is 2.19 bits per heavy atom. The van der Waals surface area contributed by atoms with Crippen molar-refractivity contribution in [2.24, 2.45) is 5.92 Å². The molecule has 4 atom stereocenters. The van der Waals surface area contributed by atoms with Gasteiger partial charge < -0.3 is 19.7 Å². The van der Waals surface area contributed by atoms with E-state index in [2.05, 4.69) is 4.90 Å². The van der Waals surface area contributed by atoms with Gasteiger partial charge in [-0.1, -0.05) is 19.1 Å². The number of nitrogens with zero attached hydrogens (tertiary/aromatic N) is 1. The second kappa shape index (κ2) is 7.50. The number of hydrogen-bond donors (Lipinski definition) is 2. The van der Waals surface area contributed by atoms with Gasteiger partial charge in [0.25, 0.3) is 0 Å². The van der Waals surface area contributed by atoms with E-state index in [4.69, 9.17) is 9.47 Å². The number of carbonyl (C=O) groups is 2. The lowest BCUT2D eigenvalue weighted by atomic mass is 9.81. The van der Waals surface area contributed by atoms with E-state index in [1.165, 1.54) is 0 Å². The number of allylic oxidation sites excluding steroid dienone is 1. The van der Waals surface area contributed by atoms with Gasteiger partial charge in [-0.2, -0.15) is 0 Å². The summed E-state index contributed by atoms with van der Waals surface area (Å²) < 4.78 is 11.2. The Morgan fingerprint density at radius 1 is 1.42 bits per heavy atom. The van der Waals surface area contributed by atoms with Crippen molar-refractivity contribution in [2.75, 3.05) is 26.3 Å². The molecule has 0 bridgehead atoms. The molecule has 0 aliphatic carbocycles. The SMILES string of the molecule is C/C=C1/C[C@@H](C)[C@](O)(CCO)C(=O)OCC2=CCN3CC[C@@H](OC1=O)C23. The van der Waals surface area contributed by atoms with Crippen LogP contribution in [0.5, 0.6) is 0 Å². The molecule has 0 amide bonds. The number of hydrogen-bond acceptors (Lipinski definition) is 7. The highest BCUT2D eigenvalue weighted by Gasteiger charge is 2.46. The number of rotatable bonds is 2. The van der Waals surface area contributed by atoms with Crippen molar-refractivity contribution in [3.8, 4) is 0 Å². The normalized spacial score (nSPS) is 37.5. The van der Waals surface area contributed by atoms with Gasteiger partial charge in [0.1, 0.15) is 12.7 Å². The second-order valence-corrected chi connectivity index (χ2v) is 7.34. The summed E-state index contributed by atoms with van der Waals surface area (Å²) in [4.78, 5) is 27.5. The van der Waals surface area contributed by atoms with Crippen LogP contribution >= 0.6 is 0 Å². The van der Waals surface area contributed by atoms with Gasteiger partial charge in [0.2, 0.25) is 0 Å². The first-order chi connectivity index (χ1) is 12.4. The van der Waals surface area contributed by atoms with Gasteiger partial charge in [0, 0.05) is 37.6 Å². The quantitative estimate of drug-likeness (QED) is 0.419. The molecule has 0 spiro atoms. The van der Waals surface area contributed by atoms with Crippen molar-refractivity contribution in [2.45, 2.75) is 50.9 Å². The summed E-state index contributed by atoms with van der Waals surface area (Å²) in [6, 6.07) is -0.0763. The summed E-state index contributed by atoms with van der Waals surface area (Å²) >= 11 is 0. The first-order valence-electron chi connectivity index (χ1n) is 9.20. The largest absolute Gasteiger partial charge is 0.459 e. The molecule has 0 aromatic heterocycles. The van der Waals surface area contributed by atoms with E-state index in [0.29, 0.717) is 5.57 Å². The fraction of sp³-hybridized carbons (Fsp3) is 0.684. The highest BCUT2D eigenvalue weighted by Crippen LogP contribution is 2.35. The zero-order valence-electron chi connectivity index (χ0n) is 15.3. The average molecular weight is 365 g/mol. The van der Waals surface area contributed by atoms with Gasteiger partial charge in [0.05, 0.1) is 6.04 Å². The molecular formula is C19H27NO6. The summed E-state index contributed by atoms with van der Waals surface area (Å²) in [6.07, 6.45) is 4.18. The Labute approximate surface area is 153 Å². The zero-order valence-corrected chi connectivity index (χ0v) is 15.3. The minimum atomic E-state index is -1.85. The summed E-state index contributed by atoms with van der Waals surface area (Å²) in [5.41, 5.74) is -0.532. The van der Waals surface area contributed by atoms with Crippen LogP contribution < -0.4 is 0 Å². The van der Waals surface area contributed by atoms with Crippen LogP contribution in [0.2, 0.25) is 0 Å². The lowest BCUT2D eigenvalue weighted by Gasteiger charge is -2.33. The molecular weight excluding hydrogens is 338 g/mol. The van der Waals surface area contributed by atoms with Crippen LogP contribution in [0.3, 0.4) is 0 Å². The third-order valence-corrected chi connectivity index (χ3v) is 5.84. The van der Waals surface area contributed by atoms with E-state index in [0.717, 1.165) is 25.1 Å². The predicted octanol–water partition coefficient (Wildman–Crippen LogP) is 0.555. The third-order valence-electron chi connectivity index (χ3n) is 5.84. The van der Waals surface area contributed by atoms with E-state index in [-0.39, 0.29) is 38.2 Å². The maximum absolute atomic E-state index is 12.7. The van der Waals surface area contributed by atoms with Crippen LogP contribution in [0.1, 0.15) is 33.1 Å². The molecule has 3 aliphatic heterocycles. The number of cyclic esters (lactones) is 1. The van der Waals surface area contributed by atoms with Crippen LogP contribution in [-0.2, 0) is 19.1 Å². The molecule has 0 saturated carbocycles. The smallest absolute Gasteiger partial charge is 0.338 e. The molecule has 1 unspecified atom stereocenters. The fourth-order valence-electron chi connectivity index (χ4n) is 4.15. The molecule has 0 aromatic carbocycles. The Bertz CT molecular complexity index is 642. The predicted molar refractivity (Wildman–Crippen MR) is 93.1 cm³/mol. The van der Waals surface area contributed by atoms with Gasteiger partial charge in [0.15, 0.2) is 5.60 Å². The molecule has 2 N–H and O–H groups in total. The van der Waals surface area contributed by atoms with Crippen LogP contribution in [0.25, 0.3) is 0 Å². The van der Waals surface area contributed by atoms with Crippen LogP contribution in [0.15, 0.2) is 23.3 Å². The first kappa shape index (κ1) is 19.1. The standard InChI is InChI=1S/C19H27NO6/c1-3-13-10-12(2)19(24,6-9-21)18(23)25-11-14-4-7-20-8-5-15(16(14)20)26-17(13)22/h3-4,12,15-16,21,24H,5-11H2,1-2H3/b13-3-/t12-,15-,16?,19-/m1/s1. The van der Waals surface area contributed by atoms with Crippen molar-refractivity contribution in [1.29, 1.82) is 0 Å². The second-order valence-electron chi connectivity index (χ2n) is 7.34. The Morgan fingerprint density at radius 3 is 2.88 bits per heavy atom. The maximum atomic E-state index is 12.7. The number of aliphatic hydroxyl groups is 2. The molecule has 2 saturated heterocycles. The van der Waals surface area contributed by atoms with Crippen molar-refractivity contribution in [3.05, 3.63) is 23.3 Å². The van der Waals surface area contributed by atoms with Crippen molar-refractivity contribution < 1.29 is 29.3 Å². The van der Waals surface area contributed by atoms with E-state index in [9.17, 15) is 19.8 Å². The Hall–Kier alpha value is -1.70. The van der Waals surface area contributed by atoms with Gasteiger partial charge in [-0.15, -0.1) is 0 Å². The number of ether oxygens (including phenoxy) is 2. The average Bonchev–Trinajstić information content (AvgIpc) is 3.19. The summed E-state index contributed by atoms with van der Waals surface area (Å²) in [6.45, 7) is 4.68. The maximum Gasteiger partial charge on any atom is 0.338 e. The molecule has 0 radical (unpaired) electrons.